The molecule has 0 atom stereocenters. The molecule has 0 unspecified atom stereocenters. The second-order valence-electron chi connectivity index (χ2n) is 8.08. The largest absolute Gasteiger partial charge is 0.0622 e. The van der Waals surface area contributed by atoms with Gasteiger partial charge in [0.15, 0.2) is 0 Å². The lowest BCUT2D eigenvalue weighted by atomic mass is 9.97. The van der Waals surface area contributed by atoms with Gasteiger partial charge in [-0.05, 0) is 82.9 Å². The van der Waals surface area contributed by atoms with Crippen molar-refractivity contribution in [3.8, 4) is 45.9 Å². The van der Waals surface area contributed by atoms with Gasteiger partial charge in [0.1, 0.15) is 0 Å². The van der Waals surface area contributed by atoms with E-state index in [1.165, 1.54) is 0 Å². The summed E-state index contributed by atoms with van der Waals surface area (Å²) < 4.78 is 1.06. The minimum absolute atomic E-state index is 0.991. The first kappa shape index (κ1) is 22.5. The van der Waals surface area contributed by atoms with E-state index in [1.807, 2.05) is 66.7 Å². The summed E-state index contributed by atoms with van der Waals surface area (Å²) in [4.78, 5) is 0. The first-order valence-electron chi connectivity index (χ1n) is 11.4. The maximum atomic E-state index is 3.74. The molecule has 0 aliphatic heterocycles. The van der Waals surface area contributed by atoms with E-state index in [9.17, 15) is 0 Å². The third-order valence-electron chi connectivity index (χ3n) is 5.61. The Morgan fingerprint density at radius 1 is 0.371 bits per heavy atom. The SMILES string of the molecule is Brc1ccc(-c2ccc(C#Cc3ccccc3)cc2)cc1-c1cccc(C#Cc2ccccc2)c1. The van der Waals surface area contributed by atoms with Crippen LogP contribution in [0.3, 0.4) is 0 Å². The minimum Gasteiger partial charge on any atom is -0.0622 e. The molecular weight excluding hydrogens is 488 g/mol. The van der Waals surface area contributed by atoms with Gasteiger partial charge in [-0.3, -0.25) is 0 Å². The average molecular weight is 509 g/mol. The van der Waals surface area contributed by atoms with E-state index in [4.69, 9.17) is 0 Å². The molecule has 5 rings (SSSR count). The second kappa shape index (κ2) is 10.8. The Bertz CT molecular complexity index is 1570. The van der Waals surface area contributed by atoms with E-state index in [2.05, 4.69) is 100 Å². The zero-order chi connectivity index (χ0) is 23.9. The predicted molar refractivity (Wildman–Crippen MR) is 150 cm³/mol. The quantitative estimate of drug-likeness (QED) is 0.209. The first-order chi connectivity index (χ1) is 17.2. The molecule has 0 aliphatic carbocycles. The Balaban J connectivity index is 1.41. The van der Waals surface area contributed by atoms with Crippen LogP contribution in [0.25, 0.3) is 22.3 Å². The number of hydrogen-bond acceptors (Lipinski definition) is 0. The van der Waals surface area contributed by atoms with Crippen molar-refractivity contribution in [3.05, 3.63) is 154 Å². The molecule has 35 heavy (non-hydrogen) atoms. The Morgan fingerprint density at radius 2 is 0.886 bits per heavy atom. The van der Waals surface area contributed by atoms with E-state index >= 15 is 0 Å². The molecule has 0 spiro atoms. The molecule has 0 saturated carbocycles. The smallest absolute Gasteiger partial charge is 0.0255 e. The summed E-state index contributed by atoms with van der Waals surface area (Å²) in [5.41, 5.74) is 8.60. The van der Waals surface area contributed by atoms with Crippen molar-refractivity contribution in [2.24, 2.45) is 0 Å². The van der Waals surface area contributed by atoms with E-state index < -0.39 is 0 Å². The fraction of sp³-hybridized carbons (Fsp3) is 0. The lowest BCUT2D eigenvalue weighted by molar-refractivity contribution is 1.54. The van der Waals surface area contributed by atoms with Crippen LogP contribution in [0.1, 0.15) is 22.3 Å². The van der Waals surface area contributed by atoms with Gasteiger partial charge in [-0.25, -0.2) is 0 Å². The standard InChI is InChI=1S/C34H21Br/c35-34-23-22-31(30-20-18-28(19-21-30)15-14-26-8-3-1-4-9-26)25-33(34)32-13-7-12-29(24-32)17-16-27-10-5-2-6-11-27/h1-13,18-25H. The van der Waals surface area contributed by atoms with Gasteiger partial charge >= 0.3 is 0 Å². The number of rotatable bonds is 2. The van der Waals surface area contributed by atoms with Gasteiger partial charge in [0.25, 0.3) is 0 Å². The molecule has 0 amide bonds. The van der Waals surface area contributed by atoms with Crippen molar-refractivity contribution in [1.82, 2.24) is 0 Å². The summed E-state index contributed by atoms with van der Waals surface area (Å²) in [7, 11) is 0. The van der Waals surface area contributed by atoms with E-state index in [0.29, 0.717) is 0 Å². The van der Waals surface area contributed by atoms with Gasteiger partial charge in [0.2, 0.25) is 0 Å². The van der Waals surface area contributed by atoms with Gasteiger partial charge in [0, 0.05) is 26.7 Å². The van der Waals surface area contributed by atoms with Crippen LogP contribution in [0, 0.1) is 23.7 Å². The number of halogens is 1. The molecule has 5 aromatic carbocycles. The topological polar surface area (TPSA) is 0 Å². The zero-order valence-corrected chi connectivity index (χ0v) is 20.6. The highest BCUT2D eigenvalue weighted by atomic mass is 79.9. The molecule has 0 fully saturated rings. The Hall–Kier alpha value is -4.30. The summed E-state index contributed by atoms with van der Waals surface area (Å²) >= 11 is 3.74. The Morgan fingerprint density at radius 3 is 1.51 bits per heavy atom. The summed E-state index contributed by atoms with van der Waals surface area (Å²) in [6.45, 7) is 0. The van der Waals surface area contributed by atoms with Crippen LogP contribution in [0.4, 0.5) is 0 Å². The maximum absolute atomic E-state index is 3.74. The van der Waals surface area contributed by atoms with Crippen molar-refractivity contribution < 1.29 is 0 Å². The maximum Gasteiger partial charge on any atom is 0.0255 e. The van der Waals surface area contributed by atoms with Crippen molar-refractivity contribution in [2.75, 3.05) is 0 Å². The van der Waals surface area contributed by atoms with Gasteiger partial charge in [-0.2, -0.15) is 0 Å². The van der Waals surface area contributed by atoms with Gasteiger partial charge < -0.3 is 0 Å². The third kappa shape index (κ3) is 5.80. The van der Waals surface area contributed by atoms with Crippen LogP contribution in [-0.2, 0) is 0 Å². The molecule has 0 aliphatic rings. The summed E-state index contributed by atoms with van der Waals surface area (Å²) in [5.74, 6) is 13.0. The van der Waals surface area contributed by atoms with Crippen LogP contribution < -0.4 is 0 Å². The molecule has 0 N–H and O–H groups in total. The van der Waals surface area contributed by atoms with Crippen LogP contribution in [0.2, 0.25) is 0 Å². The van der Waals surface area contributed by atoms with Crippen LogP contribution in [0.15, 0.2) is 132 Å². The molecule has 0 aromatic heterocycles. The number of hydrogen-bond donors (Lipinski definition) is 0. The summed E-state index contributed by atoms with van der Waals surface area (Å²) in [6, 6.07) is 43.4. The molecule has 5 aromatic rings. The summed E-state index contributed by atoms with van der Waals surface area (Å²) in [6.07, 6.45) is 0. The second-order valence-corrected chi connectivity index (χ2v) is 8.94. The first-order valence-corrected chi connectivity index (χ1v) is 12.2. The van der Waals surface area contributed by atoms with Crippen LogP contribution in [-0.4, -0.2) is 0 Å². The minimum atomic E-state index is 0.991. The molecule has 0 heterocycles. The molecule has 1 heteroatoms. The van der Waals surface area contributed by atoms with Crippen molar-refractivity contribution >= 4 is 15.9 Å². The van der Waals surface area contributed by atoms with E-state index in [-0.39, 0.29) is 0 Å². The van der Waals surface area contributed by atoms with Crippen LogP contribution in [0.5, 0.6) is 0 Å². The lowest BCUT2D eigenvalue weighted by Gasteiger charge is -2.09. The fourth-order valence-electron chi connectivity index (χ4n) is 3.77. The highest BCUT2D eigenvalue weighted by Gasteiger charge is 2.07. The normalized spacial score (nSPS) is 9.97. The van der Waals surface area contributed by atoms with Gasteiger partial charge in [-0.15, -0.1) is 0 Å². The van der Waals surface area contributed by atoms with Crippen molar-refractivity contribution in [3.63, 3.8) is 0 Å². The highest BCUT2D eigenvalue weighted by Crippen LogP contribution is 2.33. The van der Waals surface area contributed by atoms with E-state index in [1.54, 1.807) is 0 Å². The molecule has 0 radical (unpaired) electrons. The molecule has 164 valence electrons. The number of benzene rings is 5. The molecular formula is C34H21Br. The highest BCUT2D eigenvalue weighted by molar-refractivity contribution is 9.10. The monoisotopic (exact) mass is 508 g/mol. The van der Waals surface area contributed by atoms with Gasteiger partial charge in [0.05, 0.1) is 0 Å². The zero-order valence-electron chi connectivity index (χ0n) is 19.0. The lowest BCUT2D eigenvalue weighted by Crippen LogP contribution is -1.86. The van der Waals surface area contributed by atoms with Crippen LogP contribution >= 0.6 is 15.9 Å². The predicted octanol–water partition coefficient (Wildman–Crippen LogP) is 8.58. The molecule has 0 bridgehead atoms. The Labute approximate surface area is 215 Å². The van der Waals surface area contributed by atoms with E-state index in [0.717, 1.165) is 49.0 Å². The average Bonchev–Trinajstić information content (AvgIpc) is 2.93. The fourth-order valence-corrected chi connectivity index (χ4v) is 4.24. The Kier molecular flexibility index (Phi) is 6.91. The van der Waals surface area contributed by atoms with Crippen molar-refractivity contribution in [2.45, 2.75) is 0 Å². The molecule has 0 saturated heterocycles. The molecule has 0 nitrogen and oxygen atoms in total. The summed E-state index contributed by atoms with van der Waals surface area (Å²) in [5, 5.41) is 0. The van der Waals surface area contributed by atoms with Crippen molar-refractivity contribution in [1.29, 1.82) is 0 Å². The van der Waals surface area contributed by atoms with Gasteiger partial charge in [-0.1, -0.05) is 106 Å². The third-order valence-corrected chi connectivity index (χ3v) is 6.30.